The van der Waals surface area contributed by atoms with Crippen LogP contribution in [0.25, 0.3) is 0 Å². The summed E-state index contributed by atoms with van der Waals surface area (Å²) in [7, 11) is 4.08. The molecule has 27 heavy (non-hydrogen) atoms. The lowest BCUT2D eigenvalue weighted by Gasteiger charge is -2.37. The fraction of sp³-hybridized carbons (Fsp3) is 0.800. The number of hydrogen-bond acceptors (Lipinski definition) is 4. The maximum atomic E-state index is 5.56. The van der Waals surface area contributed by atoms with E-state index in [2.05, 4.69) is 68.1 Å². The zero-order valence-electron chi connectivity index (χ0n) is 18.2. The highest BCUT2D eigenvalue weighted by atomic mass is 16.5. The Hall–Kier alpha value is -1.60. The van der Waals surface area contributed by atoms with E-state index in [1.54, 1.807) is 0 Å². The third-order valence-corrected chi connectivity index (χ3v) is 5.08. The number of ether oxygens (including phenoxy) is 1. The maximum Gasteiger partial charge on any atom is 0.194 e. The predicted octanol–water partition coefficient (Wildman–Crippen LogP) is 2.05. The fourth-order valence-electron chi connectivity index (χ4n) is 3.68. The van der Waals surface area contributed by atoms with Crippen molar-refractivity contribution in [3.8, 4) is 0 Å². The monoisotopic (exact) mass is 378 g/mol. The highest BCUT2D eigenvalue weighted by Gasteiger charge is 2.23. The first-order valence-corrected chi connectivity index (χ1v) is 10.2. The van der Waals surface area contributed by atoms with Crippen LogP contribution in [0.5, 0.6) is 0 Å². The van der Waals surface area contributed by atoms with Gasteiger partial charge in [-0.15, -0.1) is 0 Å². The molecule has 7 nitrogen and oxygen atoms in total. The second-order valence-electron chi connectivity index (χ2n) is 7.93. The van der Waals surface area contributed by atoms with Gasteiger partial charge in [-0.3, -0.25) is 14.6 Å². The van der Waals surface area contributed by atoms with Crippen molar-refractivity contribution in [1.29, 1.82) is 0 Å². The van der Waals surface area contributed by atoms with E-state index in [9.17, 15) is 0 Å². The van der Waals surface area contributed by atoms with E-state index in [-0.39, 0.29) is 0 Å². The van der Waals surface area contributed by atoms with Crippen molar-refractivity contribution < 1.29 is 4.74 Å². The molecule has 0 saturated carbocycles. The van der Waals surface area contributed by atoms with Gasteiger partial charge in [-0.2, -0.15) is 5.10 Å². The molecule has 1 saturated heterocycles. The lowest BCUT2D eigenvalue weighted by molar-refractivity contribution is -0.0166. The molecule has 1 aromatic heterocycles. The van der Waals surface area contributed by atoms with E-state index >= 15 is 0 Å². The fourth-order valence-corrected chi connectivity index (χ4v) is 3.68. The summed E-state index contributed by atoms with van der Waals surface area (Å²) in [5.41, 5.74) is 2.42. The number of rotatable bonds is 7. The Kier molecular flexibility index (Phi) is 8.10. The second kappa shape index (κ2) is 10.1. The quantitative estimate of drug-likeness (QED) is 0.581. The van der Waals surface area contributed by atoms with Crippen LogP contribution in [-0.2, 0) is 18.3 Å². The number of aryl methyl sites for hydroxylation is 1. The second-order valence-corrected chi connectivity index (χ2v) is 7.93. The molecule has 2 atom stereocenters. The summed E-state index contributed by atoms with van der Waals surface area (Å²) in [5, 5.41) is 8.06. The normalized spacial score (nSPS) is 20.1. The molecule has 0 radical (unpaired) electrons. The van der Waals surface area contributed by atoms with Crippen LogP contribution in [0.3, 0.4) is 0 Å². The first kappa shape index (κ1) is 21.7. The van der Waals surface area contributed by atoms with Crippen molar-refractivity contribution in [3.05, 3.63) is 17.5 Å². The standard InChI is InChI=1S/C20H38N6O/c1-8-21-20(22-11-16(4)26-9-10-27-14-17(26)5)24(6)12-18-13-25(7)23-19(18)15(2)3/h13,15-17H,8-12,14H2,1-7H3,(H,21,22). The van der Waals surface area contributed by atoms with Gasteiger partial charge in [-0.05, 0) is 26.7 Å². The van der Waals surface area contributed by atoms with Crippen LogP contribution < -0.4 is 5.32 Å². The van der Waals surface area contributed by atoms with E-state index in [0.29, 0.717) is 18.0 Å². The third-order valence-electron chi connectivity index (χ3n) is 5.08. The number of nitrogens with zero attached hydrogens (tertiary/aromatic N) is 5. The minimum Gasteiger partial charge on any atom is -0.379 e. The van der Waals surface area contributed by atoms with Crippen LogP contribution in [0.15, 0.2) is 11.2 Å². The minimum atomic E-state index is 0.399. The molecule has 0 spiro atoms. The van der Waals surface area contributed by atoms with Crippen LogP contribution in [-0.4, -0.2) is 77.5 Å². The number of aromatic nitrogens is 2. The summed E-state index contributed by atoms with van der Waals surface area (Å²) in [4.78, 5) is 9.61. The molecule has 154 valence electrons. The SMILES string of the molecule is CCNC(=NCC(C)N1CCOCC1C)N(C)Cc1cn(C)nc1C(C)C. The summed E-state index contributed by atoms with van der Waals surface area (Å²) in [5.74, 6) is 1.36. The summed E-state index contributed by atoms with van der Waals surface area (Å²) < 4.78 is 7.46. The van der Waals surface area contributed by atoms with Crippen molar-refractivity contribution >= 4 is 5.96 Å². The van der Waals surface area contributed by atoms with Crippen molar-refractivity contribution in [2.24, 2.45) is 12.0 Å². The van der Waals surface area contributed by atoms with Gasteiger partial charge in [0.2, 0.25) is 0 Å². The molecule has 1 aromatic rings. The zero-order chi connectivity index (χ0) is 20.0. The Morgan fingerprint density at radius 3 is 2.81 bits per heavy atom. The van der Waals surface area contributed by atoms with Crippen LogP contribution >= 0.6 is 0 Å². The molecule has 0 aliphatic carbocycles. The molecule has 2 rings (SSSR count). The topological polar surface area (TPSA) is 57.9 Å². The highest BCUT2D eigenvalue weighted by Crippen LogP contribution is 2.18. The Morgan fingerprint density at radius 2 is 2.19 bits per heavy atom. The molecule has 7 heteroatoms. The van der Waals surface area contributed by atoms with Gasteiger partial charge >= 0.3 is 0 Å². The Morgan fingerprint density at radius 1 is 1.44 bits per heavy atom. The van der Waals surface area contributed by atoms with E-state index in [1.807, 2.05) is 11.7 Å². The lowest BCUT2D eigenvalue weighted by Crippen LogP contribution is -2.49. The molecule has 1 aliphatic rings. The average Bonchev–Trinajstić information content (AvgIpc) is 2.99. The molecule has 1 fully saturated rings. The molecule has 2 unspecified atom stereocenters. The first-order chi connectivity index (χ1) is 12.8. The minimum absolute atomic E-state index is 0.399. The van der Waals surface area contributed by atoms with Crippen molar-refractivity contribution in [3.63, 3.8) is 0 Å². The van der Waals surface area contributed by atoms with Crippen LogP contribution in [0.4, 0.5) is 0 Å². The number of aliphatic imine (C=N–C) groups is 1. The molecular formula is C20H38N6O. The van der Waals surface area contributed by atoms with Gasteiger partial charge in [0.05, 0.1) is 25.5 Å². The number of hydrogen-bond donors (Lipinski definition) is 1. The lowest BCUT2D eigenvalue weighted by atomic mass is 10.1. The largest absolute Gasteiger partial charge is 0.379 e. The average molecular weight is 379 g/mol. The Labute approximate surface area is 164 Å². The molecule has 0 amide bonds. The maximum absolute atomic E-state index is 5.56. The predicted molar refractivity (Wildman–Crippen MR) is 111 cm³/mol. The summed E-state index contributed by atoms with van der Waals surface area (Å²) in [6.07, 6.45) is 2.12. The van der Waals surface area contributed by atoms with Gasteiger partial charge < -0.3 is 15.0 Å². The van der Waals surface area contributed by atoms with Crippen LogP contribution in [0.1, 0.15) is 51.8 Å². The van der Waals surface area contributed by atoms with Crippen molar-refractivity contribution in [2.75, 3.05) is 39.9 Å². The van der Waals surface area contributed by atoms with Gasteiger partial charge in [-0.1, -0.05) is 13.8 Å². The Bertz CT molecular complexity index is 612. The van der Waals surface area contributed by atoms with Crippen LogP contribution in [0.2, 0.25) is 0 Å². The summed E-state index contributed by atoms with van der Waals surface area (Å²) in [6.45, 7) is 16.0. The van der Waals surface area contributed by atoms with E-state index in [1.165, 1.54) is 5.56 Å². The molecule has 1 N–H and O–H groups in total. The van der Waals surface area contributed by atoms with Gasteiger partial charge in [0.1, 0.15) is 0 Å². The van der Waals surface area contributed by atoms with Gasteiger partial charge in [-0.25, -0.2) is 0 Å². The van der Waals surface area contributed by atoms with E-state index in [0.717, 1.165) is 51.0 Å². The van der Waals surface area contributed by atoms with Crippen molar-refractivity contribution in [2.45, 2.75) is 59.2 Å². The summed E-state index contributed by atoms with van der Waals surface area (Å²) in [6, 6.07) is 0.851. The molecule has 0 aromatic carbocycles. The van der Waals surface area contributed by atoms with Crippen molar-refractivity contribution in [1.82, 2.24) is 24.9 Å². The zero-order valence-corrected chi connectivity index (χ0v) is 18.2. The summed E-state index contributed by atoms with van der Waals surface area (Å²) >= 11 is 0. The Balaban J connectivity index is 2.05. The first-order valence-electron chi connectivity index (χ1n) is 10.2. The van der Waals surface area contributed by atoms with Gasteiger partial charge in [0.25, 0.3) is 0 Å². The number of nitrogens with one attached hydrogen (secondary N) is 1. The van der Waals surface area contributed by atoms with Gasteiger partial charge in [0, 0.05) is 57.6 Å². The van der Waals surface area contributed by atoms with E-state index in [4.69, 9.17) is 9.73 Å². The third kappa shape index (κ3) is 5.94. The molecule has 0 bridgehead atoms. The van der Waals surface area contributed by atoms with Crippen LogP contribution in [0, 0.1) is 0 Å². The van der Waals surface area contributed by atoms with E-state index < -0.39 is 0 Å². The molecule has 1 aliphatic heterocycles. The number of morpholine rings is 1. The molecular weight excluding hydrogens is 340 g/mol. The van der Waals surface area contributed by atoms with Gasteiger partial charge in [0.15, 0.2) is 5.96 Å². The number of guanidine groups is 1. The highest BCUT2D eigenvalue weighted by molar-refractivity contribution is 5.79. The smallest absolute Gasteiger partial charge is 0.194 e. The molecule has 2 heterocycles.